The van der Waals surface area contributed by atoms with Crippen LogP contribution in [-0.2, 0) is 13.0 Å². The number of likely N-dealkylation sites (tertiary alicyclic amines) is 1. The van der Waals surface area contributed by atoms with Gasteiger partial charge in [0.2, 0.25) is 0 Å². The van der Waals surface area contributed by atoms with Gasteiger partial charge in [-0.2, -0.15) is 0 Å². The molecule has 1 aliphatic rings. The van der Waals surface area contributed by atoms with Crippen LogP contribution in [0.25, 0.3) is 0 Å². The van der Waals surface area contributed by atoms with Crippen molar-refractivity contribution in [1.82, 2.24) is 4.90 Å². The summed E-state index contributed by atoms with van der Waals surface area (Å²) >= 11 is 0. The lowest BCUT2D eigenvalue weighted by Gasteiger charge is -2.23. The normalized spacial score (nSPS) is 23.8. The highest BCUT2D eigenvalue weighted by Crippen LogP contribution is 2.24. The molecule has 1 unspecified atom stereocenters. The molecule has 1 aromatic carbocycles. The number of furan rings is 1. The summed E-state index contributed by atoms with van der Waals surface area (Å²) in [6.45, 7) is 2.98. The van der Waals surface area contributed by atoms with E-state index >= 15 is 0 Å². The first-order chi connectivity index (χ1) is 9.23. The van der Waals surface area contributed by atoms with Gasteiger partial charge >= 0.3 is 0 Å². The van der Waals surface area contributed by atoms with Gasteiger partial charge in [-0.15, -0.1) is 0 Å². The third kappa shape index (κ3) is 3.06. The van der Waals surface area contributed by atoms with Crippen LogP contribution < -0.4 is 5.73 Å². The minimum absolute atomic E-state index is 0.146. The lowest BCUT2D eigenvalue weighted by Crippen LogP contribution is -2.44. The van der Waals surface area contributed by atoms with E-state index in [1.54, 1.807) is 6.26 Å². The molecule has 0 saturated carbocycles. The Morgan fingerprint density at radius 2 is 2.00 bits per heavy atom. The predicted molar refractivity (Wildman–Crippen MR) is 75.7 cm³/mol. The van der Waals surface area contributed by atoms with E-state index < -0.39 is 0 Å². The van der Waals surface area contributed by atoms with Crippen molar-refractivity contribution in [2.45, 2.75) is 24.9 Å². The third-order valence-corrected chi connectivity index (χ3v) is 3.82. The molecule has 0 radical (unpaired) electrons. The molecule has 100 valence electrons. The maximum absolute atomic E-state index is 6.49. The number of nitrogens with zero attached hydrogens (tertiary/aromatic N) is 1. The van der Waals surface area contributed by atoms with Gasteiger partial charge in [0.05, 0.1) is 6.26 Å². The van der Waals surface area contributed by atoms with Crippen molar-refractivity contribution in [2.24, 2.45) is 5.73 Å². The third-order valence-electron chi connectivity index (χ3n) is 3.82. The molecule has 2 aromatic rings. The van der Waals surface area contributed by atoms with Gasteiger partial charge in [-0.05, 0) is 24.1 Å². The molecule has 1 aromatic heterocycles. The molecule has 1 saturated heterocycles. The molecule has 0 amide bonds. The van der Waals surface area contributed by atoms with Gasteiger partial charge in [0.25, 0.3) is 0 Å². The average Bonchev–Trinajstić information content (AvgIpc) is 3.02. The zero-order valence-electron chi connectivity index (χ0n) is 11.1. The fourth-order valence-corrected chi connectivity index (χ4v) is 2.87. The smallest absolute Gasteiger partial charge is 0.105 e. The van der Waals surface area contributed by atoms with E-state index in [2.05, 4.69) is 35.2 Å². The molecule has 1 aliphatic heterocycles. The first kappa shape index (κ1) is 12.5. The molecule has 3 nitrogen and oxygen atoms in total. The van der Waals surface area contributed by atoms with Gasteiger partial charge in [0.15, 0.2) is 0 Å². The second-order valence-electron chi connectivity index (χ2n) is 5.56. The van der Waals surface area contributed by atoms with Gasteiger partial charge in [0, 0.05) is 31.6 Å². The highest BCUT2D eigenvalue weighted by molar-refractivity contribution is 5.15. The Hall–Kier alpha value is -1.58. The Morgan fingerprint density at radius 3 is 2.74 bits per heavy atom. The minimum Gasteiger partial charge on any atom is -0.469 e. The second-order valence-corrected chi connectivity index (χ2v) is 5.56. The molecule has 0 spiro atoms. The topological polar surface area (TPSA) is 42.4 Å². The zero-order chi connectivity index (χ0) is 13.1. The highest BCUT2D eigenvalue weighted by atomic mass is 16.3. The van der Waals surface area contributed by atoms with Crippen molar-refractivity contribution in [1.29, 1.82) is 0 Å². The Balaban J connectivity index is 1.60. The number of hydrogen-bond donors (Lipinski definition) is 1. The first-order valence-electron chi connectivity index (χ1n) is 6.81. The highest BCUT2D eigenvalue weighted by Gasteiger charge is 2.35. The first-order valence-corrected chi connectivity index (χ1v) is 6.81. The lowest BCUT2D eigenvalue weighted by atomic mass is 9.94. The van der Waals surface area contributed by atoms with Gasteiger partial charge < -0.3 is 10.2 Å². The number of nitrogens with two attached hydrogens (primary N) is 1. The summed E-state index contributed by atoms with van der Waals surface area (Å²) in [6.07, 6.45) is 3.57. The van der Waals surface area contributed by atoms with Crippen molar-refractivity contribution >= 4 is 0 Å². The Labute approximate surface area is 114 Å². The molecule has 2 heterocycles. The van der Waals surface area contributed by atoms with Crippen LogP contribution in [0, 0.1) is 0 Å². The van der Waals surface area contributed by atoms with Crippen LogP contribution in [0.2, 0.25) is 0 Å². The van der Waals surface area contributed by atoms with Crippen LogP contribution >= 0.6 is 0 Å². The molecule has 19 heavy (non-hydrogen) atoms. The monoisotopic (exact) mass is 256 g/mol. The Morgan fingerprint density at radius 1 is 1.16 bits per heavy atom. The molecular formula is C16H20N2O. The molecule has 0 bridgehead atoms. The van der Waals surface area contributed by atoms with Crippen molar-refractivity contribution in [3.05, 3.63) is 60.1 Å². The maximum Gasteiger partial charge on any atom is 0.105 e. The molecule has 1 fully saturated rings. The predicted octanol–water partition coefficient (Wildman–Crippen LogP) is 2.43. The number of hydrogen-bond acceptors (Lipinski definition) is 3. The van der Waals surface area contributed by atoms with Gasteiger partial charge in [-0.1, -0.05) is 30.3 Å². The SMILES string of the molecule is NC1(Cc2ccco2)CCN(Cc2ccccc2)C1. The van der Waals surface area contributed by atoms with Crippen molar-refractivity contribution in [3.8, 4) is 0 Å². The van der Waals surface area contributed by atoms with Gasteiger partial charge in [-0.25, -0.2) is 0 Å². The Kier molecular flexibility index (Phi) is 3.40. The van der Waals surface area contributed by atoms with E-state index in [0.717, 1.165) is 38.2 Å². The summed E-state index contributed by atoms with van der Waals surface area (Å²) < 4.78 is 5.42. The van der Waals surface area contributed by atoms with Crippen molar-refractivity contribution in [2.75, 3.05) is 13.1 Å². The van der Waals surface area contributed by atoms with Gasteiger partial charge in [0.1, 0.15) is 5.76 Å². The fraction of sp³-hybridized carbons (Fsp3) is 0.375. The van der Waals surface area contributed by atoms with Crippen LogP contribution in [0.1, 0.15) is 17.7 Å². The summed E-state index contributed by atoms with van der Waals surface area (Å²) in [5, 5.41) is 0. The van der Waals surface area contributed by atoms with E-state index in [-0.39, 0.29) is 5.54 Å². The summed E-state index contributed by atoms with van der Waals surface area (Å²) in [6, 6.07) is 14.5. The summed E-state index contributed by atoms with van der Waals surface area (Å²) in [4.78, 5) is 2.43. The van der Waals surface area contributed by atoms with Crippen molar-refractivity contribution < 1.29 is 4.42 Å². The summed E-state index contributed by atoms with van der Waals surface area (Å²) in [7, 11) is 0. The molecule has 2 N–H and O–H groups in total. The lowest BCUT2D eigenvalue weighted by molar-refractivity contribution is 0.296. The summed E-state index contributed by atoms with van der Waals surface area (Å²) in [5.74, 6) is 0.990. The van der Waals surface area contributed by atoms with E-state index in [9.17, 15) is 0 Å². The quantitative estimate of drug-likeness (QED) is 0.913. The van der Waals surface area contributed by atoms with Crippen molar-refractivity contribution in [3.63, 3.8) is 0 Å². The Bertz CT molecular complexity index is 509. The second kappa shape index (κ2) is 5.19. The molecular weight excluding hydrogens is 236 g/mol. The van der Waals surface area contributed by atoms with Gasteiger partial charge in [-0.3, -0.25) is 4.90 Å². The molecule has 1 atom stereocenters. The summed E-state index contributed by atoms with van der Waals surface area (Å²) in [5.41, 5.74) is 7.70. The van der Waals surface area contributed by atoms with E-state index in [4.69, 9.17) is 10.2 Å². The number of rotatable bonds is 4. The minimum atomic E-state index is -0.146. The fourth-order valence-electron chi connectivity index (χ4n) is 2.87. The van der Waals surface area contributed by atoms with Crippen LogP contribution in [0.5, 0.6) is 0 Å². The van der Waals surface area contributed by atoms with E-state index in [0.29, 0.717) is 0 Å². The number of benzene rings is 1. The zero-order valence-corrected chi connectivity index (χ0v) is 11.1. The van der Waals surface area contributed by atoms with E-state index in [1.165, 1.54) is 5.56 Å². The van der Waals surface area contributed by atoms with Crippen LogP contribution in [-0.4, -0.2) is 23.5 Å². The standard InChI is InChI=1S/C16H20N2O/c17-16(11-15-7-4-10-19-15)8-9-18(13-16)12-14-5-2-1-3-6-14/h1-7,10H,8-9,11-13,17H2. The molecule has 3 rings (SSSR count). The van der Waals surface area contributed by atoms with E-state index in [1.807, 2.05) is 12.1 Å². The van der Waals surface area contributed by atoms with Crippen LogP contribution in [0.3, 0.4) is 0 Å². The molecule has 3 heteroatoms. The average molecular weight is 256 g/mol. The van der Waals surface area contributed by atoms with Crippen LogP contribution in [0.4, 0.5) is 0 Å². The molecule has 0 aliphatic carbocycles. The maximum atomic E-state index is 6.49. The largest absolute Gasteiger partial charge is 0.469 e. The van der Waals surface area contributed by atoms with Crippen LogP contribution in [0.15, 0.2) is 53.1 Å².